The Hall–Kier alpha value is -2.68. The summed E-state index contributed by atoms with van der Waals surface area (Å²) < 4.78 is 59.8. The minimum Gasteiger partial charge on any atom is -0.467 e. The van der Waals surface area contributed by atoms with Crippen molar-refractivity contribution in [2.24, 2.45) is 0 Å². The molecule has 0 saturated carbocycles. The van der Waals surface area contributed by atoms with Crippen molar-refractivity contribution in [3.05, 3.63) is 59.4 Å². The molecule has 0 atom stereocenters. The highest BCUT2D eigenvalue weighted by molar-refractivity contribution is 7.20. The molecule has 152 valence electrons. The van der Waals surface area contributed by atoms with Crippen molar-refractivity contribution in [1.29, 1.82) is 0 Å². The molecule has 4 rings (SSSR count). The summed E-state index contributed by atoms with van der Waals surface area (Å²) in [6, 6.07) is 9.48. The highest BCUT2D eigenvalue weighted by Gasteiger charge is 2.36. The summed E-state index contributed by atoms with van der Waals surface area (Å²) in [5, 5.41) is 0.345. The van der Waals surface area contributed by atoms with Crippen LogP contribution in [0, 0.1) is 5.82 Å². The number of likely N-dealkylation sites (tertiary alicyclic amines) is 1. The number of benzene rings is 2. The molecular weight excluding hydrogens is 408 g/mol. The number of piperidine rings is 1. The zero-order valence-corrected chi connectivity index (χ0v) is 15.9. The number of para-hydroxylation sites is 1. The van der Waals surface area contributed by atoms with Gasteiger partial charge in [-0.3, -0.25) is 4.79 Å². The number of rotatable bonds is 3. The van der Waals surface area contributed by atoms with Crippen LogP contribution in [0.2, 0.25) is 0 Å². The largest absolute Gasteiger partial charge is 0.467 e. The lowest BCUT2D eigenvalue weighted by Gasteiger charge is -2.32. The van der Waals surface area contributed by atoms with Crippen molar-refractivity contribution in [3.63, 3.8) is 0 Å². The van der Waals surface area contributed by atoms with Gasteiger partial charge in [0.2, 0.25) is 0 Å². The fraction of sp³-hybridized carbons (Fsp3) is 0.300. The summed E-state index contributed by atoms with van der Waals surface area (Å²) in [6.07, 6.45) is -3.91. The number of ether oxygens (including phenoxy) is 1. The van der Waals surface area contributed by atoms with Gasteiger partial charge in [0, 0.05) is 25.9 Å². The highest BCUT2D eigenvalue weighted by Crippen LogP contribution is 2.34. The average Bonchev–Trinajstić information content (AvgIpc) is 3.11. The molecule has 2 heterocycles. The van der Waals surface area contributed by atoms with Crippen LogP contribution in [0.5, 0.6) is 5.19 Å². The van der Waals surface area contributed by atoms with Crippen LogP contribution in [0.3, 0.4) is 0 Å². The molecule has 1 amide bonds. The molecule has 29 heavy (non-hydrogen) atoms. The lowest BCUT2D eigenvalue weighted by atomic mass is 10.0. The van der Waals surface area contributed by atoms with Crippen LogP contribution >= 0.6 is 11.3 Å². The van der Waals surface area contributed by atoms with Crippen LogP contribution in [0.15, 0.2) is 42.5 Å². The Morgan fingerprint density at radius 1 is 1.10 bits per heavy atom. The highest BCUT2D eigenvalue weighted by atomic mass is 32.1. The molecule has 0 aliphatic carbocycles. The Bertz CT molecular complexity index is 1040. The molecule has 1 saturated heterocycles. The SMILES string of the molecule is O=C(c1ccccc1C(F)(F)F)N1CCC(Oc2nc3c(F)cccc3s2)CC1. The van der Waals surface area contributed by atoms with Gasteiger partial charge < -0.3 is 9.64 Å². The van der Waals surface area contributed by atoms with Gasteiger partial charge in [-0.1, -0.05) is 29.5 Å². The van der Waals surface area contributed by atoms with Gasteiger partial charge in [0.05, 0.1) is 15.8 Å². The monoisotopic (exact) mass is 424 g/mol. The van der Waals surface area contributed by atoms with E-state index in [1.807, 2.05) is 0 Å². The van der Waals surface area contributed by atoms with E-state index in [1.54, 1.807) is 12.1 Å². The van der Waals surface area contributed by atoms with Crippen LogP contribution in [-0.2, 0) is 6.18 Å². The first kappa shape index (κ1) is 19.6. The van der Waals surface area contributed by atoms with E-state index in [-0.39, 0.29) is 30.3 Å². The number of alkyl halides is 3. The predicted octanol–water partition coefficient (Wildman–Crippen LogP) is 5.14. The number of hydrogen-bond acceptors (Lipinski definition) is 4. The van der Waals surface area contributed by atoms with Gasteiger partial charge in [0.1, 0.15) is 17.4 Å². The van der Waals surface area contributed by atoms with E-state index in [4.69, 9.17) is 4.74 Å². The number of hydrogen-bond donors (Lipinski definition) is 0. The molecule has 0 unspecified atom stereocenters. The van der Waals surface area contributed by atoms with Gasteiger partial charge in [-0.05, 0) is 24.3 Å². The summed E-state index contributed by atoms with van der Waals surface area (Å²) in [4.78, 5) is 18.2. The van der Waals surface area contributed by atoms with Crippen molar-refractivity contribution in [3.8, 4) is 5.19 Å². The molecule has 0 spiro atoms. The Kier molecular flexibility index (Phi) is 5.16. The molecule has 3 aromatic rings. The first-order valence-corrected chi connectivity index (χ1v) is 9.82. The van der Waals surface area contributed by atoms with Crippen LogP contribution in [0.4, 0.5) is 17.6 Å². The molecule has 2 aromatic carbocycles. The fourth-order valence-corrected chi connectivity index (χ4v) is 4.25. The van der Waals surface area contributed by atoms with Crippen molar-refractivity contribution in [1.82, 2.24) is 9.88 Å². The molecule has 1 aliphatic rings. The second-order valence-electron chi connectivity index (χ2n) is 6.72. The van der Waals surface area contributed by atoms with E-state index in [0.29, 0.717) is 22.7 Å². The Balaban J connectivity index is 1.42. The maximum atomic E-state index is 13.8. The molecule has 0 bridgehead atoms. The second kappa shape index (κ2) is 7.62. The van der Waals surface area contributed by atoms with Gasteiger partial charge >= 0.3 is 6.18 Å². The number of nitrogens with zero attached hydrogens (tertiary/aromatic N) is 2. The normalized spacial score (nSPS) is 15.7. The maximum absolute atomic E-state index is 13.8. The van der Waals surface area contributed by atoms with Crippen LogP contribution < -0.4 is 4.74 Å². The zero-order chi connectivity index (χ0) is 20.6. The van der Waals surface area contributed by atoms with Crippen molar-refractivity contribution in [2.45, 2.75) is 25.1 Å². The van der Waals surface area contributed by atoms with E-state index < -0.39 is 23.5 Å². The van der Waals surface area contributed by atoms with Crippen molar-refractivity contribution < 1.29 is 27.1 Å². The van der Waals surface area contributed by atoms with Crippen molar-refractivity contribution >= 4 is 27.5 Å². The topological polar surface area (TPSA) is 42.4 Å². The number of amides is 1. The smallest absolute Gasteiger partial charge is 0.417 e. The molecule has 0 radical (unpaired) electrons. The van der Waals surface area contributed by atoms with Crippen LogP contribution in [0.25, 0.3) is 10.2 Å². The quantitative estimate of drug-likeness (QED) is 0.547. The van der Waals surface area contributed by atoms with Gasteiger partial charge in [-0.25, -0.2) is 4.39 Å². The summed E-state index contributed by atoms with van der Waals surface area (Å²) >= 11 is 1.23. The number of halogens is 4. The Morgan fingerprint density at radius 2 is 1.83 bits per heavy atom. The Morgan fingerprint density at radius 3 is 2.52 bits per heavy atom. The third-order valence-electron chi connectivity index (χ3n) is 4.81. The minimum absolute atomic E-state index is 0.236. The zero-order valence-electron chi connectivity index (χ0n) is 15.1. The van der Waals surface area contributed by atoms with E-state index in [2.05, 4.69) is 4.98 Å². The first-order valence-electron chi connectivity index (χ1n) is 9.00. The summed E-state index contributed by atoms with van der Waals surface area (Å²) in [6.45, 7) is 0.546. The minimum atomic E-state index is -4.59. The number of carbonyl (C=O) groups excluding carboxylic acids is 1. The molecule has 1 fully saturated rings. The molecule has 1 aromatic heterocycles. The lowest BCUT2D eigenvalue weighted by Crippen LogP contribution is -2.42. The van der Waals surface area contributed by atoms with Gasteiger partial charge in [-0.2, -0.15) is 18.2 Å². The number of thiazole rings is 1. The summed E-state index contributed by atoms with van der Waals surface area (Å²) in [7, 11) is 0. The second-order valence-corrected chi connectivity index (χ2v) is 7.71. The molecule has 1 aliphatic heterocycles. The first-order chi connectivity index (χ1) is 13.8. The van der Waals surface area contributed by atoms with Gasteiger partial charge in [-0.15, -0.1) is 0 Å². The molecule has 9 heteroatoms. The van der Waals surface area contributed by atoms with E-state index >= 15 is 0 Å². The third-order valence-corrected chi connectivity index (χ3v) is 5.72. The van der Waals surface area contributed by atoms with Gasteiger partial charge in [0.25, 0.3) is 11.1 Å². The standard InChI is InChI=1S/C20H16F4N2O2S/c21-15-6-3-7-16-17(15)25-19(29-16)28-12-8-10-26(11-9-12)18(27)13-4-1-2-5-14(13)20(22,23)24/h1-7,12H,8-11H2. The maximum Gasteiger partial charge on any atom is 0.417 e. The number of carbonyl (C=O) groups is 1. The average molecular weight is 424 g/mol. The third kappa shape index (κ3) is 4.05. The van der Waals surface area contributed by atoms with Crippen LogP contribution in [-0.4, -0.2) is 35.0 Å². The molecule has 4 nitrogen and oxygen atoms in total. The Labute approximate surface area is 167 Å². The van der Waals surface area contributed by atoms with Gasteiger partial charge in [0.15, 0.2) is 0 Å². The summed E-state index contributed by atoms with van der Waals surface area (Å²) in [5.74, 6) is -1.06. The number of fused-ring (bicyclic) bond motifs is 1. The van der Waals surface area contributed by atoms with E-state index in [0.717, 1.165) is 6.07 Å². The predicted molar refractivity (Wildman–Crippen MR) is 101 cm³/mol. The van der Waals surface area contributed by atoms with Crippen LogP contribution in [0.1, 0.15) is 28.8 Å². The molecular formula is C20H16F4N2O2S. The van der Waals surface area contributed by atoms with E-state index in [9.17, 15) is 22.4 Å². The fourth-order valence-electron chi connectivity index (χ4n) is 3.35. The van der Waals surface area contributed by atoms with Crippen molar-refractivity contribution in [2.75, 3.05) is 13.1 Å². The summed E-state index contributed by atoms with van der Waals surface area (Å²) in [5.41, 5.74) is -1.02. The van der Waals surface area contributed by atoms with E-state index in [1.165, 1.54) is 40.5 Å². The number of aromatic nitrogens is 1. The lowest BCUT2D eigenvalue weighted by molar-refractivity contribution is -0.138. The molecule has 0 N–H and O–H groups in total.